The Morgan fingerprint density at radius 2 is 1.81 bits per heavy atom. The molecule has 2 aliphatic rings. The Morgan fingerprint density at radius 3 is 2.53 bits per heavy atom. The summed E-state index contributed by atoms with van der Waals surface area (Å²) in [5, 5.41) is 2.84. The molecule has 2 saturated heterocycles. The van der Waals surface area contributed by atoms with Gasteiger partial charge in [0.2, 0.25) is 5.91 Å². The summed E-state index contributed by atoms with van der Waals surface area (Å²) in [6.45, 7) is 5.07. The summed E-state index contributed by atoms with van der Waals surface area (Å²) in [4.78, 5) is 38.6. The number of rotatable bonds is 6. The van der Waals surface area contributed by atoms with E-state index in [2.05, 4.69) is 20.2 Å². The maximum atomic E-state index is 13.0. The van der Waals surface area contributed by atoms with Gasteiger partial charge >= 0.3 is 0 Å². The van der Waals surface area contributed by atoms with Crippen LogP contribution in [-0.4, -0.2) is 57.8 Å². The maximum Gasteiger partial charge on any atom is 0.254 e. The Hall–Kier alpha value is -2.87. The molecule has 1 unspecified atom stereocenters. The summed E-state index contributed by atoms with van der Waals surface area (Å²) in [7, 11) is 0. The Labute approximate surface area is 188 Å². The predicted octanol–water partition coefficient (Wildman–Crippen LogP) is 3.00. The van der Waals surface area contributed by atoms with Crippen LogP contribution in [0.2, 0.25) is 0 Å². The minimum Gasteiger partial charge on any atom is -0.348 e. The van der Waals surface area contributed by atoms with Crippen molar-refractivity contribution in [1.29, 1.82) is 0 Å². The Morgan fingerprint density at radius 1 is 1.09 bits per heavy atom. The molecule has 8 heteroatoms. The normalized spacial score (nSPS) is 19.2. The largest absolute Gasteiger partial charge is 0.348 e. The van der Waals surface area contributed by atoms with Crippen LogP contribution in [-0.2, 0) is 11.3 Å². The number of halogens is 1. The molecule has 3 heterocycles. The highest BCUT2D eigenvalue weighted by atomic mass is 19.1. The lowest BCUT2D eigenvalue weighted by molar-refractivity contribution is -0.132. The second-order valence-corrected chi connectivity index (χ2v) is 8.61. The van der Waals surface area contributed by atoms with E-state index < -0.39 is 0 Å². The first-order chi connectivity index (χ1) is 15.5. The molecule has 7 nitrogen and oxygen atoms in total. The van der Waals surface area contributed by atoms with Gasteiger partial charge in [-0.15, -0.1) is 0 Å². The molecule has 1 atom stereocenters. The third-order valence-corrected chi connectivity index (χ3v) is 6.32. The zero-order chi connectivity index (χ0) is 22.5. The number of nitrogens with zero attached hydrogens (tertiary/aromatic N) is 4. The number of aromatic nitrogens is 2. The van der Waals surface area contributed by atoms with Gasteiger partial charge in [0.15, 0.2) is 0 Å². The first-order valence-electron chi connectivity index (χ1n) is 11.4. The summed E-state index contributed by atoms with van der Waals surface area (Å²) >= 11 is 0. The highest BCUT2D eigenvalue weighted by Gasteiger charge is 2.30. The van der Waals surface area contributed by atoms with Crippen molar-refractivity contribution in [3.05, 3.63) is 58.9 Å². The highest BCUT2D eigenvalue weighted by molar-refractivity contribution is 5.94. The zero-order valence-electron chi connectivity index (χ0n) is 18.5. The number of hydrogen-bond donors (Lipinski definition) is 1. The fraction of sp³-hybridized carbons (Fsp3) is 0.500. The monoisotopic (exact) mass is 439 g/mol. The van der Waals surface area contributed by atoms with Crippen LogP contribution in [0.3, 0.4) is 0 Å². The minimum atomic E-state index is -0.307. The molecule has 0 aliphatic carbocycles. The van der Waals surface area contributed by atoms with Crippen LogP contribution in [0.15, 0.2) is 30.5 Å². The summed E-state index contributed by atoms with van der Waals surface area (Å²) in [6, 6.07) is 6.02. The van der Waals surface area contributed by atoms with Gasteiger partial charge < -0.3 is 10.2 Å². The molecule has 0 radical (unpaired) electrons. The minimum absolute atomic E-state index is 0.00895. The Balaban J connectivity index is 1.41. The number of piperidine rings is 1. The summed E-state index contributed by atoms with van der Waals surface area (Å²) in [5.41, 5.74) is 1.85. The van der Waals surface area contributed by atoms with Crippen molar-refractivity contribution in [2.45, 2.75) is 51.6 Å². The Kier molecular flexibility index (Phi) is 7.09. The van der Waals surface area contributed by atoms with Gasteiger partial charge in [-0.1, -0.05) is 18.6 Å². The van der Waals surface area contributed by atoms with Crippen LogP contribution in [0.25, 0.3) is 0 Å². The predicted molar refractivity (Wildman–Crippen MR) is 118 cm³/mol. The number of nitrogens with one attached hydrogen (secondary N) is 1. The van der Waals surface area contributed by atoms with Gasteiger partial charge in [0.1, 0.15) is 11.6 Å². The van der Waals surface area contributed by atoms with E-state index in [-0.39, 0.29) is 23.7 Å². The number of hydrogen-bond acceptors (Lipinski definition) is 5. The van der Waals surface area contributed by atoms with Crippen molar-refractivity contribution in [3.63, 3.8) is 0 Å². The number of carbonyl (C=O) groups excluding carboxylic acids is 2. The van der Waals surface area contributed by atoms with E-state index in [4.69, 9.17) is 0 Å². The standard InChI is InChI=1S/C24H30FN5O2/c1-17-20(24(32)27-14-18-7-9-19(25)10-8-18)15-26-23(28-17)21-6-2-3-13-30(21)16-22(31)29-11-4-5-12-29/h7-10,15,21H,2-6,11-14,16H2,1H3,(H,27,32). The average Bonchev–Trinajstić information content (AvgIpc) is 3.34. The first kappa shape index (κ1) is 22.3. The molecule has 0 bridgehead atoms. The quantitative estimate of drug-likeness (QED) is 0.749. The van der Waals surface area contributed by atoms with Crippen molar-refractivity contribution in [2.24, 2.45) is 0 Å². The van der Waals surface area contributed by atoms with Gasteiger partial charge in [0.05, 0.1) is 23.8 Å². The van der Waals surface area contributed by atoms with Crippen LogP contribution in [0.1, 0.15) is 65.6 Å². The van der Waals surface area contributed by atoms with Gasteiger partial charge in [-0.25, -0.2) is 14.4 Å². The summed E-state index contributed by atoms with van der Waals surface area (Å²) in [5.74, 6) is 0.288. The summed E-state index contributed by atoms with van der Waals surface area (Å²) < 4.78 is 13.0. The lowest BCUT2D eigenvalue weighted by atomic mass is 10.0. The molecule has 2 amide bonds. The lowest BCUT2D eigenvalue weighted by Crippen LogP contribution is -2.43. The molecule has 2 aromatic rings. The lowest BCUT2D eigenvalue weighted by Gasteiger charge is -2.35. The smallest absolute Gasteiger partial charge is 0.254 e. The van der Waals surface area contributed by atoms with Crippen molar-refractivity contribution in [1.82, 2.24) is 25.1 Å². The van der Waals surface area contributed by atoms with Crippen LogP contribution < -0.4 is 5.32 Å². The Bertz CT molecular complexity index is 959. The fourth-order valence-corrected chi connectivity index (χ4v) is 4.46. The van der Waals surface area contributed by atoms with E-state index in [9.17, 15) is 14.0 Å². The topological polar surface area (TPSA) is 78.4 Å². The molecular formula is C24H30FN5O2. The van der Waals surface area contributed by atoms with Crippen molar-refractivity contribution >= 4 is 11.8 Å². The number of likely N-dealkylation sites (tertiary alicyclic amines) is 2. The van der Waals surface area contributed by atoms with E-state index in [0.29, 0.717) is 30.2 Å². The molecule has 0 spiro atoms. The van der Waals surface area contributed by atoms with Crippen molar-refractivity contribution in [3.8, 4) is 0 Å². The SMILES string of the molecule is Cc1nc(C2CCCCN2CC(=O)N2CCCC2)ncc1C(=O)NCc1ccc(F)cc1. The van der Waals surface area contributed by atoms with Crippen molar-refractivity contribution < 1.29 is 14.0 Å². The molecule has 32 heavy (non-hydrogen) atoms. The molecule has 170 valence electrons. The first-order valence-corrected chi connectivity index (χ1v) is 11.4. The summed E-state index contributed by atoms with van der Waals surface area (Å²) in [6.07, 6.45) is 6.79. The van der Waals surface area contributed by atoms with E-state index in [1.54, 1.807) is 25.3 Å². The molecule has 1 aromatic heterocycles. The van der Waals surface area contributed by atoms with Gasteiger partial charge in [0.25, 0.3) is 5.91 Å². The number of benzene rings is 1. The zero-order valence-corrected chi connectivity index (χ0v) is 18.5. The van der Waals surface area contributed by atoms with Gasteiger partial charge in [-0.2, -0.15) is 0 Å². The molecule has 1 N–H and O–H groups in total. The van der Waals surface area contributed by atoms with E-state index >= 15 is 0 Å². The van der Waals surface area contributed by atoms with Gasteiger partial charge in [-0.05, 0) is 56.8 Å². The molecular weight excluding hydrogens is 409 g/mol. The van der Waals surface area contributed by atoms with Crippen LogP contribution in [0.5, 0.6) is 0 Å². The van der Waals surface area contributed by atoms with Gasteiger partial charge in [0, 0.05) is 25.8 Å². The number of amides is 2. The van der Waals surface area contributed by atoms with Crippen LogP contribution >= 0.6 is 0 Å². The van der Waals surface area contributed by atoms with Crippen LogP contribution in [0, 0.1) is 12.7 Å². The molecule has 2 fully saturated rings. The second-order valence-electron chi connectivity index (χ2n) is 8.61. The number of aryl methyl sites for hydroxylation is 1. The fourth-order valence-electron chi connectivity index (χ4n) is 4.46. The van der Waals surface area contributed by atoms with Gasteiger partial charge in [-0.3, -0.25) is 14.5 Å². The average molecular weight is 440 g/mol. The van der Waals surface area contributed by atoms with Crippen LogP contribution in [0.4, 0.5) is 4.39 Å². The maximum absolute atomic E-state index is 13.0. The third-order valence-electron chi connectivity index (χ3n) is 6.32. The van der Waals surface area contributed by atoms with E-state index in [1.807, 2.05) is 4.90 Å². The van der Waals surface area contributed by atoms with E-state index in [1.165, 1.54) is 12.1 Å². The third kappa shape index (κ3) is 5.30. The molecule has 0 saturated carbocycles. The molecule has 4 rings (SSSR count). The van der Waals surface area contributed by atoms with Crippen molar-refractivity contribution in [2.75, 3.05) is 26.2 Å². The van der Waals surface area contributed by atoms with E-state index in [0.717, 1.165) is 57.3 Å². The highest BCUT2D eigenvalue weighted by Crippen LogP contribution is 2.29. The number of carbonyl (C=O) groups is 2. The molecule has 2 aliphatic heterocycles. The molecule has 1 aromatic carbocycles. The second kappa shape index (κ2) is 10.2.